The van der Waals surface area contributed by atoms with E-state index in [1.807, 2.05) is 12.1 Å². The predicted octanol–water partition coefficient (Wildman–Crippen LogP) is 1.91. The molecule has 0 bridgehead atoms. The molecule has 0 radical (unpaired) electrons. The normalized spacial score (nSPS) is 22.3. The molecule has 3 rings (SSSR count). The van der Waals surface area contributed by atoms with Crippen molar-refractivity contribution in [2.45, 2.75) is 32.1 Å². The number of nitrogens with one attached hydrogen (secondary N) is 2. The van der Waals surface area contributed by atoms with Crippen LogP contribution >= 0.6 is 0 Å². The summed E-state index contributed by atoms with van der Waals surface area (Å²) in [6.45, 7) is 12.0. The van der Waals surface area contributed by atoms with Crippen molar-refractivity contribution in [1.29, 1.82) is 0 Å². The highest BCUT2D eigenvalue weighted by Gasteiger charge is 2.16. The van der Waals surface area contributed by atoms with Gasteiger partial charge in [-0.05, 0) is 62.5 Å². The first kappa shape index (κ1) is 19.3. The molecule has 0 unspecified atom stereocenters. The van der Waals surface area contributed by atoms with Crippen molar-refractivity contribution in [2.24, 2.45) is 0 Å². The van der Waals surface area contributed by atoms with Crippen LogP contribution in [0.4, 0.5) is 0 Å². The Bertz CT molecular complexity index is 546. The third-order valence-corrected chi connectivity index (χ3v) is 5.79. The number of carbonyl (C=O) groups is 1. The lowest BCUT2D eigenvalue weighted by Crippen LogP contribution is -2.46. The van der Waals surface area contributed by atoms with Crippen LogP contribution in [0, 0.1) is 0 Å². The van der Waals surface area contributed by atoms with Gasteiger partial charge in [0.15, 0.2) is 0 Å². The molecular formula is C21H34N4O. The summed E-state index contributed by atoms with van der Waals surface area (Å²) in [5.74, 6) is 0.642. The highest BCUT2D eigenvalue weighted by Crippen LogP contribution is 2.23. The summed E-state index contributed by atoms with van der Waals surface area (Å²) in [5, 5.41) is 6.52. The van der Waals surface area contributed by atoms with Crippen LogP contribution < -0.4 is 10.6 Å². The minimum absolute atomic E-state index is 0.0501. The molecule has 1 aromatic carbocycles. The van der Waals surface area contributed by atoms with Crippen LogP contribution in [0.25, 0.3) is 0 Å². The van der Waals surface area contributed by atoms with E-state index in [0.29, 0.717) is 5.92 Å². The second kappa shape index (κ2) is 10.0. The van der Waals surface area contributed by atoms with Crippen LogP contribution in [0.2, 0.25) is 0 Å². The van der Waals surface area contributed by atoms with E-state index in [1.54, 1.807) is 0 Å². The Balaban J connectivity index is 1.35. The lowest BCUT2D eigenvalue weighted by molar-refractivity contribution is 0.0948. The molecule has 26 heavy (non-hydrogen) atoms. The van der Waals surface area contributed by atoms with Gasteiger partial charge in [-0.2, -0.15) is 0 Å². The van der Waals surface area contributed by atoms with E-state index in [2.05, 4.69) is 39.5 Å². The standard InChI is InChI=1S/C21H34N4O/c1-2-24-13-15-25(16-14-24)12-4-11-23-21(26)19-8-6-18(7-9-19)20-5-3-10-22-17-20/h6-9,20,22H,2-5,10-17H2,1H3,(H,23,26)/t20-/m1/s1. The fraction of sp³-hybridized carbons (Fsp3) is 0.667. The highest BCUT2D eigenvalue weighted by atomic mass is 16.1. The molecule has 1 aromatic rings. The highest BCUT2D eigenvalue weighted by molar-refractivity contribution is 5.94. The topological polar surface area (TPSA) is 47.6 Å². The minimum atomic E-state index is 0.0501. The molecule has 0 spiro atoms. The third-order valence-electron chi connectivity index (χ3n) is 5.79. The van der Waals surface area contributed by atoms with E-state index < -0.39 is 0 Å². The van der Waals surface area contributed by atoms with Gasteiger partial charge < -0.3 is 20.4 Å². The number of piperidine rings is 1. The van der Waals surface area contributed by atoms with Crippen LogP contribution in [-0.2, 0) is 0 Å². The van der Waals surface area contributed by atoms with E-state index in [1.165, 1.54) is 31.5 Å². The first-order valence-corrected chi connectivity index (χ1v) is 10.3. The number of benzene rings is 1. The van der Waals surface area contributed by atoms with Crippen molar-refractivity contribution < 1.29 is 4.79 Å². The van der Waals surface area contributed by atoms with Crippen LogP contribution in [0.15, 0.2) is 24.3 Å². The number of amides is 1. The fourth-order valence-corrected chi connectivity index (χ4v) is 3.98. The fourth-order valence-electron chi connectivity index (χ4n) is 3.98. The Kier molecular flexibility index (Phi) is 7.47. The molecule has 5 heteroatoms. The van der Waals surface area contributed by atoms with Crippen molar-refractivity contribution >= 4 is 5.91 Å². The Labute approximate surface area is 158 Å². The molecule has 1 atom stereocenters. The zero-order valence-corrected chi connectivity index (χ0v) is 16.2. The summed E-state index contributed by atoms with van der Waals surface area (Å²) < 4.78 is 0. The van der Waals surface area contributed by atoms with Crippen LogP contribution in [0.1, 0.15) is 48.0 Å². The molecule has 2 saturated heterocycles. The van der Waals surface area contributed by atoms with Crippen molar-refractivity contribution in [3.8, 4) is 0 Å². The lowest BCUT2D eigenvalue weighted by Gasteiger charge is -2.33. The van der Waals surface area contributed by atoms with Gasteiger partial charge in [-0.1, -0.05) is 19.1 Å². The van der Waals surface area contributed by atoms with Gasteiger partial charge in [-0.25, -0.2) is 0 Å². The monoisotopic (exact) mass is 358 g/mol. The maximum absolute atomic E-state index is 12.3. The first-order chi connectivity index (χ1) is 12.8. The number of nitrogens with zero attached hydrogens (tertiary/aromatic N) is 2. The Morgan fingerprint density at radius 2 is 1.88 bits per heavy atom. The van der Waals surface area contributed by atoms with Gasteiger partial charge in [0.25, 0.3) is 5.91 Å². The van der Waals surface area contributed by atoms with E-state index >= 15 is 0 Å². The molecule has 2 aliphatic heterocycles. The van der Waals surface area contributed by atoms with E-state index in [4.69, 9.17) is 0 Å². The number of carbonyl (C=O) groups excluding carboxylic acids is 1. The summed E-state index contributed by atoms with van der Waals surface area (Å²) in [7, 11) is 0. The Hall–Kier alpha value is -1.43. The molecule has 0 saturated carbocycles. The number of hydrogen-bond acceptors (Lipinski definition) is 4. The number of rotatable bonds is 7. The summed E-state index contributed by atoms with van der Waals surface area (Å²) in [6, 6.07) is 8.20. The largest absolute Gasteiger partial charge is 0.352 e. The second-order valence-corrected chi connectivity index (χ2v) is 7.55. The second-order valence-electron chi connectivity index (χ2n) is 7.55. The van der Waals surface area contributed by atoms with Gasteiger partial charge in [0, 0.05) is 44.8 Å². The van der Waals surface area contributed by atoms with Gasteiger partial charge in [-0.3, -0.25) is 4.79 Å². The molecule has 0 aromatic heterocycles. The summed E-state index contributed by atoms with van der Waals surface area (Å²) in [6.07, 6.45) is 3.50. The average Bonchev–Trinajstić information content (AvgIpc) is 2.72. The molecule has 2 fully saturated rings. The molecule has 144 valence electrons. The van der Waals surface area contributed by atoms with Crippen LogP contribution in [0.5, 0.6) is 0 Å². The summed E-state index contributed by atoms with van der Waals surface area (Å²) in [4.78, 5) is 17.3. The van der Waals surface area contributed by atoms with Gasteiger partial charge in [-0.15, -0.1) is 0 Å². The van der Waals surface area contributed by atoms with Crippen LogP contribution in [0.3, 0.4) is 0 Å². The number of likely N-dealkylation sites (N-methyl/N-ethyl adjacent to an activating group) is 1. The Morgan fingerprint density at radius 1 is 1.15 bits per heavy atom. The van der Waals surface area contributed by atoms with Gasteiger partial charge in [0.05, 0.1) is 0 Å². The molecule has 5 nitrogen and oxygen atoms in total. The van der Waals surface area contributed by atoms with Crippen molar-refractivity contribution in [3.05, 3.63) is 35.4 Å². The predicted molar refractivity (Wildman–Crippen MR) is 107 cm³/mol. The van der Waals surface area contributed by atoms with Gasteiger partial charge >= 0.3 is 0 Å². The van der Waals surface area contributed by atoms with Gasteiger partial charge in [0.2, 0.25) is 0 Å². The number of hydrogen-bond donors (Lipinski definition) is 2. The molecule has 1 amide bonds. The smallest absolute Gasteiger partial charge is 0.251 e. The lowest BCUT2D eigenvalue weighted by atomic mass is 9.91. The first-order valence-electron chi connectivity index (χ1n) is 10.3. The summed E-state index contributed by atoms with van der Waals surface area (Å²) in [5.41, 5.74) is 2.12. The van der Waals surface area contributed by atoms with Crippen molar-refractivity contribution in [1.82, 2.24) is 20.4 Å². The maximum Gasteiger partial charge on any atom is 0.251 e. The zero-order valence-electron chi connectivity index (χ0n) is 16.2. The van der Waals surface area contributed by atoms with E-state index in [0.717, 1.165) is 57.8 Å². The van der Waals surface area contributed by atoms with E-state index in [9.17, 15) is 4.79 Å². The Morgan fingerprint density at radius 3 is 2.54 bits per heavy atom. The third kappa shape index (κ3) is 5.53. The minimum Gasteiger partial charge on any atom is -0.352 e. The quantitative estimate of drug-likeness (QED) is 0.731. The zero-order chi connectivity index (χ0) is 18.2. The molecule has 2 N–H and O–H groups in total. The maximum atomic E-state index is 12.3. The molecule has 2 aliphatic rings. The SMILES string of the molecule is CCN1CCN(CCCNC(=O)c2ccc([C@@H]3CCCNC3)cc2)CC1. The van der Waals surface area contributed by atoms with E-state index in [-0.39, 0.29) is 5.91 Å². The van der Waals surface area contributed by atoms with Crippen LogP contribution in [-0.4, -0.2) is 74.6 Å². The summed E-state index contributed by atoms with van der Waals surface area (Å²) >= 11 is 0. The average molecular weight is 359 g/mol. The molecule has 2 heterocycles. The van der Waals surface area contributed by atoms with Gasteiger partial charge in [0.1, 0.15) is 0 Å². The van der Waals surface area contributed by atoms with Crippen molar-refractivity contribution in [2.75, 3.05) is 58.9 Å². The molecule has 0 aliphatic carbocycles. The van der Waals surface area contributed by atoms with Crippen molar-refractivity contribution in [3.63, 3.8) is 0 Å². The molecular weight excluding hydrogens is 324 g/mol. The number of piperazine rings is 1.